The van der Waals surface area contributed by atoms with Crippen LogP contribution in [-0.2, 0) is 14.9 Å². The summed E-state index contributed by atoms with van der Waals surface area (Å²) >= 11 is 0. The third kappa shape index (κ3) is 4.74. The number of ether oxygens (including phenoxy) is 1. The minimum Gasteiger partial charge on any atom is -0.444 e. The van der Waals surface area contributed by atoms with E-state index in [0.717, 1.165) is 6.07 Å². The van der Waals surface area contributed by atoms with Crippen LogP contribution in [0.2, 0.25) is 0 Å². The summed E-state index contributed by atoms with van der Waals surface area (Å²) in [6, 6.07) is 2.44. The highest BCUT2D eigenvalue weighted by atomic mass is 32.2. The molecule has 0 aliphatic carbocycles. The minimum absolute atomic E-state index is 0.0618. The summed E-state index contributed by atoms with van der Waals surface area (Å²) in [5, 5.41) is 0. The van der Waals surface area contributed by atoms with Crippen LogP contribution >= 0.6 is 0 Å². The van der Waals surface area contributed by atoms with Crippen molar-refractivity contribution < 1.29 is 35.3 Å². The number of aromatic nitrogens is 1. The lowest BCUT2D eigenvalue weighted by Crippen LogP contribution is -2.50. The van der Waals surface area contributed by atoms with Crippen LogP contribution < -0.4 is 4.18 Å². The van der Waals surface area contributed by atoms with Gasteiger partial charge < -0.3 is 13.8 Å². The first kappa shape index (κ1) is 19.3. The van der Waals surface area contributed by atoms with E-state index in [2.05, 4.69) is 9.17 Å². The molecular formula is C14H17F3N2O5S. The third-order valence-corrected chi connectivity index (χ3v) is 4.20. The molecule has 2 rings (SSSR count). The molecule has 1 saturated heterocycles. The van der Waals surface area contributed by atoms with Crippen LogP contribution in [0.1, 0.15) is 32.3 Å². The molecule has 0 unspecified atom stereocenters. The van der Waals surface area contributed by atoms with Crippen molar-refractivity contribution in [3.8, 4) is 5.88 Å². The highest BCUT2D eigenvalue weighted by molar-refractivity contribution is 7.87. The monoisotopic (exact) mass is 382 g/mol. The van der Waals surface area contributed by atoms with Crippen LogP contribution in [0, 0.1) is 0 Å². The molecule has 0 saturated carbocycles. The van der Waals surface area contributed by atoms with Crippen molar-refractivity contribution in [1.82, 2.24) is 9.88 Å². The van der Waals surface area contributed by atoms with E-state index in [-0.39, 0.29) is 5.92 Å². The Kier molecular flexibility index (Phi) is 4.90. The van der Waals surface area contributed by atoms with Crippen molar-refractivity contribution in [2.24, 2.45) is 0 Å². The number of rotatable bonds is 3. The van der Waals surface area contributed by atoms with Gasteiger partial charge in [0.25, 0.3) is 0 Å². The van der Waals surface area contributed by atoms with Gasteiger partial charge in [0.05, 0.1) is 0 Å². The zero-order valence-corrected chi connectivity index (χ0v) is 14.5. The molecule has 25 heavy (non-hydrogen) atoms. The number of carbonyl (C=O) groups is 1. The maximum absolute atomic E-state index is 12.2. The van der Waals surface area contributed by atoms with Crippen molar-refractivity contribution in [2.45, 2.75) is 37.8 Å². The van der Waals surface area contributed by atoms with E-state index in [1.54, 1.807) is 20.8 Å². The average Bonchev–Trinajstić information content (AvgIpc) is 2.35. The summed E-state index contributed by atoms with van der Waals surface area (Å²) in [4.78, 5) is 16.9. The van der Waals surface area contributed by atoms with E-state index >= 15 is 0 Å². The van der Waals surface area contributed by atoms with Gasteiger partial charge in [-0.15, -0.1) is 0 Å². The van der Waals surface area contributed by atoms with E-state index in [9.17, 15) is 26.4 Å². The van der Waals surface area contributed by atoms with Crippen LogP contribution in [0.3, 0.4) is 0 Å². The maximum Gasteiger partial charge on any atom is 0.534 e. The Morgan fingerprint density at radius 1 is 1.24 bits per heavy atom. The molecule has 1 aliphatic heterocycles. The van der Waals surface area contributed by atoms with Crippen LogP contribution in [0.25, 0.3) is 0 Å². The molecule has 0 atom stereocenters. The Morgan fingerprint density at radius 2 is 1.84 bits per heavy atom. The summed E-state index contributed by atoms with van der Waals surface area (Å²) in [7, 11) is -5.74. The second-order valence-electron chi connectivity index (χ2n) is 6.50. The number of likely N-dealkylation sites (tertiary alicyclic amines) is 1. The number of alkyl halides is 3. The summed E-state index contributed by atoms with van der Waals surface area (Å²) in [5.41, 5.74) is -5.47. The molecule has 1 aromatic rings. The molecule has 11 heteroatoms. The Morgan fingerprint density at radius 3 is 2.28 bits per heavy atom. The normalized spacial score (nSPS) is 16.3. The van der Waals surface area contributed by atoms with Gasteiger partial charge in [-0.1, -0.05) is 6.07 Å². The molecule has 0 radical (unpaired) electrons. The molecule has 1 aromatic heterocycles. The first-order valence-electron chi connectivity index (χ1n) is 7.23. The third-order valence-electron chi connectivity index (χ3n) is 3.24. The summed E-state index contributed by atoms with van der Waals surface area (Å²) in [5.74, 6) is -0.738. The van der Waals surface area contributed by atoms with Gasteiger partial charge in [-0.3, -0.25) is 0 Å². The first-order chi connectivity index (χ1) is 11.3. The number of amides is 1. The Balaban J connectivity index is 1.94. The molecule has 1 fully saturated rings. The standard InChI is InChI=1S/C14H17F3N2O5S/c1-13(2,3)23-12(20)19-7-10(8-19)9-4-5-11(18-6-9)24-25(21,22)14(15,16)17/h4-6,10H,7-8H2,1-3H3. The number of carbonyl (C=O) groups excluding carboxylic acids is 1. The minimum atomic E-state index is -5.74. The van der Waals surface area contributed by atoms with Crippen LogP contribution in [0.5, 0.6) is 5.88 Å². The van der Waals surface area contributed by atoms with Gasteiger partial charge >= 0.3 is 21.7 Å². The molecule has 0 spiro atoms. The van der Waals surface area contributed by atoms with Crippen LogP contribution in [0.15, 0.2) is 18.3 Å². The zero-order chi connectivity index (χ0) is 19.0. The topological polar surface area (TPSA) is 85.8 Å². The van der Waals surface area contributed by atoms with E-state index in [1.807, 2.05) is 0 Å². The molecule has 7 nitrogen and oxygen atoms in total. The van der Waals surface area contributed by atoms with Crippen LogP contribution in [-0.4, -0.2) is 48.6 Å². The molecule has 0 bridgehead atoms. The van der Waals surface area contributed by atoms with Crippen molar-refractivity contribution in [3.63, 3.8) is 0 Å². The Labute approximate surface area is 142 Å². The van der Waals surface area contributed by atoms with Gasteiger partial charge in [0.15, 0.2) is 0 Å². The molecule has 0 aromatic carbocycles. The smallest absolute Gasteiger partial charge is 0.444 e. The molecule has 140 valence electrons. The number of hydrogen-bond donors (Lipinski definition) is 0. The average molecular weight is 382 g/mol. The van der Waals surface area contributed by atoms with Crippen molar-refractivity contribution >= 4 is 16.2 Å². The lowest BCUT2D eigenvalue weighted by Gasteiger charge is -2.39. The van der Waals surface area contributed by atoms with E-state index in [0.29, 0.717) is 18.7 Å². The predicted molar refractivity (Wildman–Crippen MR) is 80.4 cm³/mol. The number of nitrogens with zero attached hydrogens (tertiary/aromatic N) is 2. The van der Waals surface area contributed by atoms with Crippen LogP contribution in [0.4, 0.5) is 18.0 Å². The quantitative estimate of drug-likeness (QED) is 0.590. The molecule has 0 N–H and O–H groups in total. The predicted octanol–water partition coefficient (Wildman–Crippen LogP) is 2.64. The highest BCUT2D eigenvalue weighted by Gasteiger charge is 2.48. The largest absolute Gasteiger partial charge is 0.534 e. The lowest BCUT2D eigenvalue weighted by atomic mass is 9.93. The highest BCUT2D eigenvalue weighted by Crippen LogP contribution is 2.30. The molecule has 1 amide bonds. The Bertz CT molecular complexity index is 735. The first-order valence-corrected chi connectivity index (χ1v) is 8.64. The summed E-state index contributed by atoms with van der Waals surface area (Å²) in [6.07, 6.45) is 0.770. The summed E-state index contributed by atoms with van der Waals surface area (Å²) in [6.45, 7) is 5.99. The number of halogens is 3. The van der Waals surface area contributed by atoms with E-state index in [4.69, 9.17) is 4.74 Å². The van der Waals surface area contributed by atoms with Crippen molar-refractivity contribution in [3.05, 3.63) is 23.9 Å². The summed E-state index contributed by atoms with van der Waals surface area (Å²) < 4.78 is 67.6. The second kappa shape index (κ2) is 6.36. The van der Waals surface area contributed by atoms with Gasteiger partial charge in [0, 0.05) is 31.3 Å². The fourth-order valence-electron chi connectivity index (χ4n) is 2.01. The van der Waals surface area contributed by atoms with Gasteiger partial charge in [0.1, 0.15) is 5.60 Å². The van der Waals surface area contributed by atoms with Crippen molar-refractivity contribution in [1.29, 1.82) is 0 Å². The lowest BCUT2D eigenvalue weighted by molar-refractivity contribution is -0.0501. The SMILES string of the molecule is CC(C)(C)OC(=O)N1CC(c2ccc(OS(=O)(=O)C(F)(F)F)nc2)C1. The fourth-order valence-corrected chi connectivity index (χ4v) is 2.43. The van der Waals surface area contributed by atoms with Gasteiger partial charge in [0.2, 0.25) is 5.88 Å². The van der Waals surface area contributed by atoms with E-state index < -0.39 is 33.2 Å². The molecule has 1 aliphatic rings. The fraction of sp³-hybridized carbons (Fsp3) is 0.571. The van der Waals surface area contributed by atoms with Crippen molar-refractivity contribution in [2.75, 3.05) is 13.1 Å². The maximum atomic E-state index is 12.2. The van der Waals surface area contributed by atoms with E-state index in [1.165, 1.54) is 17.2 Å². The number of hydrogen-bond acceptors (Lipinski definition) is 6. The molecule has 2 heterocycles. The van der Waals surface area contributed by atoms with Gasteiger partial charge in [-0.05, 0) is 26.3 Å². The molecular weight excluding hydrogens is 365 g/mol. The second-order valence-corrected chi connectivity index (χ2v) is 8.03. The van der Waals surface area contributed by atoms with Gasteiger partial charge in [-0.25, -0.2) is 9.78 Å². The van der Waals surface area contributed by atoms with Gasteiger partial charge in [-0.2, -0.15) is 21.6 Å². The Hall–Kier alpha value is -2.04. The number of pyridine rings is 1. The zero-order valence-electron chi connectivity index (χ0n) is 13.7.